The van der Waals surface area contributed by atoms with Crippen LogP contribution >= 0.6 is 0 Å². The first-order valence-corrected chi connectivity index (χ1v) is 6.34. The molecule has 18 heavy (non-hydrogen) atoms. The van der Waals surface area contributed by atoms with Crippen molar-refractivity contribution in [2.75, 3.05) is 6.61 Å². The van der Waals surface area contributed by atoms with E-state index in [4.69, 9.17) is 5.11 Å². The second-order valence-corrected chi connectivity index (χ2v) is 4.38. The molecule has 0 aromatic heterocycles. The molecule has 0 radical (unpaired) electrons. The van der Waals surface area contributed by atoms with Crippen molar-refractivity contribution in [2.45, 2.75) is 19.4 Å². The van der Waals surface area contributed by atoms with Crippen LogP contribution in [0.4, 0.5) is 0 Å². The molecule has 0 unspecified atom stereocenters. The van der Waals surface area contributed by atoms with E-state index >= 15 is 0 Å². The quantitative estimate of drug-likeness (QED) is 0.855. The summed E-state index contributed by atoms with van der Waals surface area (Å²) >= 11 is 0. The minimum atomic E-state index is 0.253. The monoisotopic (exact) mass is 241 g/mol. The summed E-state index contributed by atoms with van der Waals surface area (Å²) < 4.78 is 0. The Bertz CT molecular complexity index is 445. The number of benzene rings is 1. The third-order valence-electron chi connectivity index (χ3n) is 2.90. The number of allylic oxidation sites excluding steroid dienone is 4. The molecule has 2 heteroatoms. The van der Waals surface area contributed by atoms with Crippen molar-refractivity contribution in [1.82, 2.24) is 4.90 Å². The van der Waals surface area contributed by atoms with Crippen molar-refractivity contribution in [1.29, 1.82) is 0 Å². The summed E-state index contributed by atoms with van der Waals surface area (Å²) in [7, 11) is 0. The highest BCUT2D eigenvalue weighted by atomic mass is 16.2. The van der Waals surface area contributed by atoms with Crippen molar-refractivity contribution < 1.29 is 5.11 Å². The Labute approximate surface area is 109 Å². The molecule has 0 bridgehead atoms. The van der Waals surface area contributed by atoms with Gasteiger partial charge in [0.25, 0.3) is 0 Å². The van der Waals surface area contributed by atoms with Crippen molar-refractivity contribution in [3.05, 3.63) is 72.1 Å². The topological polar surface area (TPSA) is 23.5 Å². The highest BCUT2D eigenvalue weighted by molar-refractivity contribution is 5.27. The molecule has 0 atom stereocenters. The van der Waals surface area contributed by atoms with E-state index in [9.17, 15) is 0 Å². The van der Waals surface area contributed by atoms with E-state index in [1.165, 1.54) is 11.1 Å². The normalized spacial score (nSPS) is 14.5. The molecule has 1 aliphatic heterocycles. The van der Waals surface area contributed by atoms with Gasteiger partial charge in [0, 0.05) is 25.6 Å². The third kappa shape index (κ3) is 3.90. The number of aliphatic hydroxyl groups excluding tert-OH is 1. The molecule has 1 aromatic carbocycles. The van der Waals surface area contributed by atoms with Crippen LogP contribution in [0.15, 0.2) is 66.5 Å². The second-order valence-electron chi connectivity index (χ2n) is 4.38. The Hall–Kier alpha value is -1.80. The summed E-state index contributed by atoms with van der Waals surface area (Å²) in [5, 5.41) is 8.83. The molecular formula is C16H19NO. The van der Waals surface area contributed by atoms with Crippen LogP contribution in [0.1, 0.15) is 18.4 Å². The van der Waals surface area contributed by atoms with E-state index in [1.54, 1.807) is 0 Å². The molecule has 1 heterocycles. The molecule has 0 spiro atoms. The summed E-state index contributed by atoms with van der Waals surface area (Å²) in [5.74, 6) is 0. The number of nitrogens with zero attached hydrogens (tertiary/aromatic N) is 1. The zero-order valence-electron chi connectivity index (χ0n) is 10.5. The smallest absolute Gasteiger partial charge is 0.0470 e. The predicted octanol–water partition coefficient (Wildman–Crippen LogP) is 3.23. The molecule has 0 aliphatic carbocycles. The van der Waals surface area contributed by atoms with E-state index < -0.39 is 0 Å². The Balaban J connectivity index is 1.94. The molecule has 0 saturated heterocycles. The Morgan fingerprint density at radius 2 is 1.89 bits per heavy atom. The maximum Gasteiger partial charge on any atom is 0.0470 e. The van der Waals surface area contributed by atoms with Crippen molar-refractivity contribution in [3.8, 4) is 0 Å². The molecular weight excluding hydrogens is 222 g/mol. The van der Waals surface area contributed by atoms with Gasteiger partial charge in [0.15, 0.2) is 0 Å². The molecule has 1 N–H and O–H groups in total. The van der Waals surface area contributed by atoms with E-state index in [2.05, 4.69) is 59.8 Å². The van der Waals surface area contributed by atoms with Gasteiger partial charge < -0.3 is 10.0 Å². The number of rotatable bonds is 5. The summed E-state index contributed by atoms with van der Waals surface area (Å²) in [4.78, 5) is 2.16. The molecule has 2 nitrogen and oxygen atoms in total. The summed E-state index contributed by atoms with van der Waals surface area (Å²) in [6, 6.07) is 10.4. The van der Waals surface area contributed by atoms with Crippen LogP contribution in [0.2, 0.25) is 0 Å². The number of hydrogen-bond donors (Lipinski definition) is 1. The fourth-order valence-electron chi connectivity index (χ4n) is 1.92. The average Bonchev–Trinajstić information content (AvgIpc) is 2.63. The first-order chi connectivity index (χ1) is 8.88. The van der Waals surface area contributed by atoms with Crippen LogP contribution in [0.25, 0.3) is 0 Å². The Morgan fingerprint density at radius 3 is 2.67 bits per heavy atom. The minimum Gasteiger partial charge on any atom is -0.396 e. The molecule has 1 aromatic rings. The van der Waals surface area contributed by atoms with Crippen LogP contribution in [0.5, 0.6) is 0 Å². The van der Waals surface area contributed by atoms with E-state index in [1.807, 2.05) is 6.07 Å². The van der Waals surface area contributed by atoms with Gasteiger partial charge in [-0.15, -0.1) is 0 Å². The molecule has 94 valence electrons. The molecule has 2 rings (SSSR count). The van der Waals surface area contributed by atoms with Crippen molar-refractivity contribution in [2.24, 2.45) is 0 Å². The van der Waals surface area contributed by atoms with Gasteiger partial charge in [-0.05, 0) is 36.1 Å². The molecule has 0 saturated carbocycles. The van der Waals surface area contributed by atoms with Crippen molar-refractivity contribution in [3.63, 3.8) is 0 Å². The van der Waals surface area contributed by atoms with Crippen LogP contribution in [0, 0.1) is 0 Å². The maximum atomic E-state index is 8.83. The zero-order chi connectivity index (χ0) is 12.6. The lowest BCUT2D eigenvalue weighted by Crippen LogP contribution is -2.08. The lowest BCUT2D eigenvalue weighted by atomic mass is 10.1. The molecule has 1 aliphatic rings. The van der Waals surface area contributed by atoms with Gasteiger partial charge in [0.05, 0.1) is 0 Å². The summed E-state index contributed by atoms with van der Waals surface area (Å²) in [6.07, 6.45) is 12.2. The van der Waals surface area contributed by atoms with Gasteiger partial charge in [0.1, 0.15) is 0 Å². The van der Waals surface area contributed by atoms with Crippen LogP contribution in [-0.4, -0.2) is 16.6 Å². The average molecular weight is 241 g/mol. The van der Waals surface area contributed by atoms with Gasteiger partial charge in [-0.1, -0.05) is 36.4 Å². The van der Waals surface area contributed by atoms with Crippen LogP contribution < -0.4 is 0 Å². The number of aliphatic hydroxyl groups is 1. The van der Waals surface area contributed by atoms with Crippen LogP contribution in [-0.2, 0) is 6.54 Å². The summed E-state index contributed by atoms with van der Waals surface area (Å²) in [5.41, 5.74) is 2.56. The highest BCUT2D eigenvalue weighted by Gasteiger charge is 2.00. The van der Waals surface area contributed by atoms with Gasteiger partial charge in [-0.25, -0.2) is 0 Å². The second kappa shape index (κ2) is 6.82. The van der Waals surface area contributed by atoms with Gasteiger partial charge in [-0.3, -0.25) is 0 Å². The Morgan fingerprint density at radius 1 is 1.06 bits per heavy atom. The maximum absolute atomic E-state index is 8.83. The lowest BCUT2D eigenvalue weighted by Gasteiger charge is -2.14. The SMILES string of the molecule is OCCCC1=CC=CN(Cc2ccccc2)C=C1. The molecule has 0 fully saturated rings. The lowest BCUT2D eigenvalue weighted by molar-refractivity contribution is 0.289. The zero-order valence-corrected chi connectivity index (χ0v) is 10.5. The largest absolute Gasteiger partial charge is 0.396 e. The van der Waals surface area contributed by atoms with E-state index in [0.717, 1.165) is 19.4 Å². The predicted molar refractivity (Wildman–Crippen MR) is 74.7 cm³/mol. The highest BCUT2D eigenvalue weighted by Crippen LogP contribution is 2.13. The van der Waals surface area contributed by atoms with Gasteiger partial charge >= 0.3 is 0 Å². The standard InChI is InChI=1S/C16H19NO/c18-13-5-9-15-8-4-11-17(12-10-15)14-16-6-2-1-3-7-16/h1-4,6-8,10-12,18H,5,9,13-14H2. The Kier molecular flexibility index (Phi) is 4.79. The van der Waals surface area contributed by atoms with Crippen molar-refractivity contribution >= 4 is 0 Å². The van der Waals surface area contributed by atoms with Gasteiger partial charge in [-0.2, -0.15) is 0 Å². The first kappa shape index (κ1) is 12.7. The third-order valence-corrected chi connectivity index (χ3v) is 2.90. The number of hydrogen-bond acceptors (Lipinski definition) is 2. The minimum absolute atomic E-state index is 0.253. The summed E-state index contributed by atoms with van der Waals surface area (Å²) in [6.45, 7) is 1.14. The van der Waals surface area contributed by atoms with E-state index in [0.29, 0.717) is 0 Å². The van der Waals surface area contributed by atoms with Crippen LogP contribution in [0.3, 0.4) is 0 Å². The first-order valence-electron chi connectivity index (χ1n) is 6.34. The van der Waals surface area contributed by atoms with E-state index in [-0.39, 0.29) is 6.61 Å². The van der Waals surface area contributed by atoms with Gasteiger partial charge in [0.2, 0.25) is 0 Å². The molecule has 0 amide bonds. The fourth-order valence-corrected chi connectivity index (χ4v) is 1.92. The fraction of sp³-hybridized carbons (Fsp3) is 0.250.